The maximum absolute atomic E-state index is 9.45. The lowest BCUT2D eigenvalue weighted by Crippen LogP contribution is -2.30. The molecule has 0 saturated carbocycles. The highest BCUT2D eigenvalue weighted by molar-refractivity contribution is 5.83. The number of benzene rings is 1. The summed E-state index contributed by atoms with van der Waals surface area (Å²) in [5, 5.41) is 12.8. The van der Waals surface area contributed by atoms with Crippen LogP contribution in [-0.2, 0) is 4.74 Å². The molecule has 2 atom stereocenters. The SMILES string of the molecule is Oc1cccc(C2COC(C3CCCN3)=N2)c1. The third-order valence-electron chi connectivity index (χ3n) is 3.29. The lowest BCUT2D eigenvalue weighted by Gasteiger charge is -2.08. The van der Waals surface area contributed by atoms with Gasteiger partial charge < -0.3 is 15.2 Å². The highest BCUT2D eigenvalue weighted by Gasteiger charge is 2.28. The van der Waals surface area contributed by atoms with Gasteiger partial charge in [0.25, 0.3) is 0 Å². The van der Waals surface area contributed by atoms with Crippen LogP contribution in [0.5, 0.6) is 5.75 Å². The molecule has 2 N–H and O–H groups in total. The first-order chi connectivity index (χ1) is 8.33. The molecule has 2 aliphatic rings. The molecule has 0 amide bonds. The van der Waals surface area contributed by atoms with Crippen LogP contribution in [0.25, 0.3) is 0 Å². The lowest BCUT2D eigenvalue weighted by molar-refractivity contribution is 0.304. The molecule has 0 radical (unpaired) electrons. The molecule has 0 aromatic heterocycles. The fraction of sp³-hybridized carbons (Fsp3) is 0.462. The minimum atomic E-state index is 0.0273. The third kappa shape index (κ3) is 2.13. The fourth-order valence-corrected chi connectivity index (χ4v) is 2.38. The standard InChI is InChI=1S/C13H16N2O2/c16-10-4-1-3-9(7-10)12-8-17-13(15-12)11-5-2-6-14-11/h1,3-4,7,11-12,14,16H,2,5-6,8H2. The molecule has 1 aromatic carbocycles. The second kappa shape index (κ2) is 4.37. The van der Waals surface area contributed by atoms with Crippen LogP contribution in [0, 0.1) is 0 Å². The Morgan fingerprint density at radius 2 is 2.35 bits per heavy atom. The quantitative estimate of drug-likeness (QED) is 0.814. The van der Waals surface area contributed by atoms with Crippen LogP contribution in [0.1, 0.15) is 24.4 Å². The Labute approximate surface area is 100 Å². The molecule has 0 bridgehead atoms. The minimum Gasteiger partial charge on any atom is -0.508 e. The van der Waals surface area contributed by atoms with Crippen molar-refractivity contribution < 1.29 is 9.84 Å². The second-order valence-corrected chi connectivity index (χ2v) is 4.54. The molecule has 17 heavy (non-hydrogen) atoms. The van der Waals surface area contributed by atoms with Crippen LogP contribution < -0.4 is 5.32 Å². The molecule has 1 saturated heterocycles. The molecule has 2 aliphatic heterocycles. The van der Waals surface area contributed by atoms with E-state index in [9.17, 15) is 5.11 Å². The van der Waals surface area contributed by atoms with Crippen molar-refractivity contribution in [2.45, 2.75) is 24.9 Å². The summed E-state index contributed by atoms with van der Waals surface area (Å²) in [5.74, 6) is 1.11. The average Bonchev–Trinajstić information content (AvgIpc) is 3.00. The van der Waals surface area contributed by atoms with Crippen molar-refractivity contribution in [3.63, 3.8) is 0 Å². The van der Waals surface area contributed by atoms with Crippen LogP contribution in [0.15, 0.2) is 29.3 Å². The van der Waals surface area contributed by atoms with Gasteiger partial charge in [0.2, 0.25) is 5.90 Å². The van der Waals surface area contributed by atoms with E-state index >= 15 is 0 Å². The number of hydrogen-bond donors (Lipinski definition) is 2. The molecule has 4 heteroatoms. The summed E-state index contributed by atoms with van der Waals surface area (Å²) in [6.07, 6.45) is 2.29. The number of phenols is 1. The monoisotopic (exact) mass is 232 g/mol. The van der Waals surface area contributed by atoms with Crippen LogP contribution >= 0.6 is 0 Å². The van der Waals surface area contributed by atoms with Crippen LogP contribution in [0.2, 0.25) is 0 Å². The molecule has 1 fully saturated rings. The Kier molecular flexibility index (Phi) is 2.73. The Hall–Kier alpha value is -1.55. The third-order valence-corrected chi connectivity index (χ3v) is 3.29. The Balaban J connectivity index is 1.78. The molecule has 4 nitrogen and oxygen atoms in total. The molecule has 0 spiro atoms. The van der Waals surface area contributed by atoms with E-state index in [-0.39, 0.29) is 17.8 Å². The van der Waals surface area contributed by atoms with Crippen LogP contribution in [0.3, 0.4) is 0 Å². The van der Waals surface area contributed by atoms with Gasteiger partial charge in [-0.15, -0.1) is 0 Å². The summed E-state index contributed by atoms with van der Waals surface area (Å²) in [6, 6.07) is 7.55. The van der Waals surface area contributed by atoms with E-state index in [1.165, 1.54) is 6.42 Å². The number of ether oxygens (including phenoxy) is 1. The van der Waals surface area contributed by atoms with Crippen molar-refractivity contribution in [1.82, 2.24) is 5.32 Å². The molecule has 1 aromatic rings. The van der Waals surface area contributed by atoms with Gasteiger partial charge in [-0.2, -0.15) is 0 Å². The van der Waals surface area contributed by atoms with Gasteiger partial charge in [0.15, 0.2) is 0 Å². The van der Waals surface area contributed by atoms with Crippen LogP contribution in [-0.4, -0.2) is 30.2 Å². The fourth-order valence-electron chi connectivity index (χ4n) is 2.38. The van der Waals surface area contributed by atoms with Gasteiger partial charge in [-0.3, -0.25) is 0 Å². The van der Waals surface area contributed by atoms with Gasteiger partial charge in [0, 0.05) is 0 Å². The minimum absolute atomic E-state index is 0.0273. The molecular weight excluding hydrogens is 216 g/mol. The zero-order valence-electron chi connectivity index (χ0n) is 9.60. The van der Waals surface area contributed by atoms with Gasteiger partial charge >= 0.3 is 0 Å². The number of rotatable bonds is 2. The van der Waals surface area contributed by atoms with Crippen molar-refractivity contribution in [2.75, 3.05) is 13.2 Å². The first-order valence-electron chi connectivity index (χ1n) is 6.06. The summed E-state index contributed by atoms with van der Waals surface area (Å²) < 4.78 is 5.65. The number of aliphatic imine (C=N–C) groups is 1. The zero-order valence-corrected chi connectivity index (χ0v) is 9.60. The van der Waals surface area contributed by atoms with E-state index in [0.29, 0.717) is 6.61 Å². The predicted molar refractivity (Wildman–Crippen MR) is 65.3 cm³/mol. The van der Waals surface area contributed by atoms with Crippen molar-refractivity contribution >= 4 is 5.90 Å². The highest BCUT2D eigenvalue weighted by Crippen LogP contribution is 2.27. The topological polar surface area (TPSA) is 53.9 Å². The summed E-state index contributed by atoms with van der Waals surface area (Å²) in [4.78, 5) is 4.60. The van der Waals surface area contributed by atoms with Crippen LogP contribution in [0.4, 0.5) is 0 Å². The van der Waals surface area contributed by atoms with E-state index in [0.717, 1.165) is 24.4 Å². The number of phenolic OH excluding ortho intramolecular Hbond substituents is 1. The van der Waals surface area contributed by atoms with Crippen molar-refractivity contribution in [2.24, 2.45) is 4.99 Å². The second-order valence-electron chi connectivity index (χ2n) is 4.54. The Morgan fingerprint density at radius 3 is 3.12 bits per heavy atom. The van der Waals surface area contributed by atoms with E-state index in [2.05, 4.69) is 10.3 Å². The zero-order chi connectivity index (χ0) is 11.7. The predicted octanol–water partition coefficient (Wildman–Crippen LogP) is 1.61. The van der Waals surface area contributed by atoms with Gasteiger partial charge in [-0.1, -0.05) is 12.1 Å². The van der Waals surface area contributed by atoms with Crippen molar-refractivity contribution in [3.05, 3.63) is 29.8 Å². The number of nitrogens with zero attached hydrogens (tertiary/aromatic N) is 1. The average molecular weight is 232 g/mol. The molecule has 3 rings (SSSR count). The lowest BCUT2D eigenvalue weighted by atomic mass is 10.1. The Morgan fingerprint density at radius 1 is 1.41 bits per heavy atom. The molecule has 90 valence electrons. The van der Waals surface area contributed by atoms with E-state index in [4.69, 9.17) is 4.74 Å². The molecule has 0 aliphatic carbocycles. The van der Waals surface area contributed by atoms with E-state index in [1.54, 1.807) is 12.1 Å². The molecule has 2 heterocycles. The number of nitrogens with one attached hydrogen (secondary N) is 1. The first kappa shape index (κ1) is 10.6. The molecular formula is C13H16N2O2. The van der Waals surface area contributed by atoms with Crippen molar-refractivity contribution in [3.8, 4) is 5.75 Å². The van der Waals surface area contributed by atoms with Gasteiger partial charge in [-0.25, -0.2) is 4.99 Å². The molecule has 2 unspecified atom stereocenters. The van der Waals surface area contributed by atoms with Gasteiger partial charge in [0.05, 0.1) is 6.04 Å². The van der Waals surface area contributed by atoms with Gasteiger partial charge in [-0.05, 0) is 37.1 Å². The van der Waals surface area contributed by atoms with Gasteiger partial charge in [0.1, 0.15) is 18.4 Å². The maximum atomic E-state index is 9.45. The van der Waals surface area contributed by atoms with E-state index < -0.39 is 0 Å². The Bertz CT molecular complexity index is 439. The number of hydrogen-bond acceptors (Lipinski definition) is 4. The number of aromatic hydroxyl groups is 1. The normalized spacial score (nSPS) is 27.9. The van der Waals surface area contributed by atoms with Crippen molar-refractivity contribution in [1.29, 1.82) is 0 Å². The summed E-state index contributed by atoms with van der Waals surface area (Å²) in [7, 11) is 0. The highest BCUT2D eigenvalue weighted by atomic mass is 16.5. The first-order valence-corrected chi connectivity index (χ1v) is 6.06. The summed E-state index contributed by atoms with van der Waals surface area (Å²) in [5.41, 5.74) is 1.01. The maximum Gasteiger partial charge on any atom is 0.201 e. The van der Waals surface area contributed by atoms with E-state index in [1.807, 2.05) is 12.1 Å². The largest absolute Gasteiger partial charge is 0.508 e. The smallest absolute Gasteiger partial charge is 0.201 e. The summed E-state index contributed by atoms with van der Waals surface area (Å²) in [6.45, 7) is 1.63. The summed E-state index contributed by atoms with van der Waals surface area (Å²) >= 11 is 0.